The number of halogens is 1. The van der Waals surface area contributed by atoms with Crippen molar-refractivity contribution in [1.29, 1.82) is 0 Å². The van der Waals surface area contributed by atoms with E-state index in [1.807, 2.05) is 0 Å². The number of phenolic OH excluding ortho intramolecular Hbond substituents is 1. The van der Waals surface area contributed by atoms with Crippen LogP contribution in [0.2, 0.25) is 5.02 Å². The molecule has 1 aromatic rings. The van der Waals surface area contributed by atoms with Gasteiger partial charge >= 0.3 is 0 Å². The molecule has 0 bridgehead atoms. The zero-order valence-electron chi connectivity index (χ0n) is 11.3. The van der Waals surface area contributed by atoms with E-state index < -0.39 is 0 Å². The highest BCUT2D eigenvalue weighted by Gasteiger charge is 2.34. The van der Waals surface area contributed by atoms with Gasteiger partial charge in [0.2, 0.25) is 0 Å². The molecule has 0 aliphatic carbocycles. The van der Waals surface area contributed by atoms with E-state index in [1.165, 1.54) is 17.0 Å². The first kappa shape index (κ1) is 15.9. The van der Waals surface area contributed by atoms with Crippen LogP contribution >= 0.6 is 23.4 Å². The molecule has 1 aromatic carbocycles. The zero-order chi connectivity index (χ0) is 15.4. The lowest BCUT2D eigenvalue weighted by Crippen LogP contribution is -2.29. The Kier molecular flexibility index (Phi) is 5.27. The van der Waals surface area contributed by atoms with Crippen LogP contribution in [0.4, 0.5) is 4.79 Å². The number of rotatable bonds is 5. The molecule has 1 aliphatic rings. The number of hydrogen-bond acceptors (Lipinski definition) is 5. The smallest absolute Gasteiger partial charge is 0.293 e. The number of aromatic hydroxyl groups is 1. The van der Waals surface area contributed by atoms with Gasteiger partial charge in [-0.2, -0.15) is 0 Å². The predicted octanol–water partition coefficient (Wildman–Crippen LogP) is 3.12. The molecule has 0 unspecified atom stereocenters. The van der Waals surface area contributed by atoms with E-state index in [1.54, 1.807) is 19.3 Å². The molecule has 2 rings (SSSR count). The number of benzene rings is 1. The molecule has 0 atom stereocenters. The molecule has 1 heterocycles. The molecule has 7 heteroatoms. The van der Waals surface area contributed by atoms with Gasteiger partial charge in [-0.1, -0.05) is 17.7 Å². The van der Waals surface area contributed by atoms with E-state index in [0.717, 1.165) is 11.8 Å². The first-order valence-corrected chi connectivity index (χ1v) is 7.45. The Bertz CT molecular complexity index is 603. The van der Waals surface area contributed by atoms with Crippen LogP contribution in [0.3, 0.4) is 0 Å². The average Bonchev–Trinajstić information content (AvgIpc) is 2.70. The number of phenols is 1. The molecule has 1 aliphatic heterocycles. The van der Waals surface area contributed by atoms with Crippen molar-refractivity contribution in [1.82, 2.24) is 4.90 Å². The number of ether oxygens (including phenoxy) is 1. The SMILES string of the molecule is COCCCN1C(=O)S/C(=C/c2ccc(O)c(Cl)c2)C1=O. The monoisotopic (exact) mass is 327 g/mol. The van der Waals surface area contributed by atoms with Crippen LogP contribution < -0.4 is 0 Å². The Morgan fingerprint density at radius 2 is 2.19 bits per heavy atom. The predicted molar refractivity (Wildman–Crippen MR) is 82.3 cm³/mol. The van der Waals surface area contributed by atoms with E-state index >= 15 is 0 Å². The highest BCUT2D eigenvalue weighted by atomic mass is 35.5. The van der Waals surface area contributed by atoms with Crippen LogP contribution in [0.1, 0.15) is 12.0 Å². The van der Waals surface area contributed by atoms with E-state index in [0.29, 0.717) is 30.0 Å². The summed E-state index contributed by atoms with van der Waals surface area (Å²) in [7, 11) is 1.57. The molecular weight excluding hydrogens is 314 g/mol. The first-order chi connectivity index (χ1) is 10.0. The molecule has 112 valence electrons. The molecular formula is C14H14ClNO4S. The van der Waals surface area contributed by atoms with E-state index in [4.69, 9.17) is 16.3 Å². The second-order valence-electron chi connectivity index (χ2n) is 4.39. The molecule has 0 aromatic heterocycles. The minimum absolute atomic E-state index is 0.0264. The van der Waals surface area contributed by atoms with Crippen molar-refractivity contribution in [2.24, 2.45) is 0 Å². The Balaban J connectivity index is 2.13. The average molecular weight is 328 g/mol. The number of amides is 2. The summed E-state index contributed by atoms with van der Waals surface area (Å²) in [5.41, 5.74) is 0.653. The topological polar surface area (TPSA) is 66.8 Å². The van der Waals surface area contributed by atoms with Crippen LogP contribution in [0, 0.1) is 0 Å². The van der Waals surface area contributed by atoms with Crippen molar-refractivity contribution in [3.63, 3.8) is 0 Å². The number of carbonyl (C=O) groups is 2. The summed E-state index contributed by atoms with van der Waals surface area (Å²) in [6, 6.07) is 4.60. The van der Waals surface area contributed by atoms with E-state index in [9.17, 15) is 14.7 Å². The summed E-state index contributed by atoms with van der Waals surface area (Å²) in [6.07, 6.45) is 2.19. The van der Waals surface area contributed by atoms with Crippen LogP contribution in [0.25, 0.3) is 6.08 Å². The minimum Gasteiger partial charge on any atom is -0.506 e. The lowest BCUT2D eigenvalue weighted by molar-refractivity contribution is -0.122. The Morgan fingerprint density at radius 1 is 1.43 bits per heavy atom. The lowest BCUT2D eigenvalue weighted by atomic mass is 10.2. The largest absolute Gasteiger partial charge is 0.506 e. The normalized spacial score (nSPS) is 17.0. The summed E-state index contributed by atoms with van der Waals surface area (Å²) >= 11 is 6.71. The maximum Gasteiger partial charge on any atom is 0.293 e. The Hall–Kier alpha value is -1.50. The van der Waals surface area contributed by atoms with Crippen molar-refractivity contribution in [2.45, 2.75) is 6.42 Å². The second-order valence-corrected chi connectivity index (χ2v) is 5.79. The van der Waals surface area contributed by atoms with Crippen LogP contribution in [0.5, 0.6) is 5.75 Å². The molecule has 0 saturated carbocycles. The van der Waals surface area contributed by atoms with Crippen molar-refractivity contribution in [3.8, 4) is 5.75 Å². The second kappa shape index (κ2) is 6.98. The van der Waals surface area contributed by atoms with Gasteiger partial charge in [-0.3, -0.25) is 14.5 Å². The third kappa shape index (κ3) is 3.78. The van der Waals surface area contributed by atoms with Gasteiger partial charge in [0, 0.05) is 20.3 Å². The Labute approximate surface area is 131 Å². The highest BCUT2D eigenvalue weighted by molar-refractivity contribution is 8.18. The maximum absolute atomic E-state index is 12.2. The molecule has 2 amide bonds. The molecule has 5 nitrogen and oxygen atoms in total. The number of hydrogen-bond donors (Lipinski definition) is 1. The first-order valence-electron chi connectivity index (χ1n) is 6.25. The van der Waals surface area contributed by atoms with E-state index in [-0.39, 0.29) is 21.9 Å². The van der Waals surface area contributed by atoms with Crippen LogP contribution in [-0.2, 0) is 9.53 Å². The number of thioether (sulfide) groups is 1. The molecule has 1 N–H and O–H groups in total. The fourth-order valence-electron chi connectivity index (χ4n) is 1.82. The number of carbonyl (C=O) groups excluding carboxylic acids is 2. The van der Waals surface area contributed by atoms with Crippen molar-refractivity contribution in [2.75, 3.05) is 20.3 Å². The van der Waals surface area contributed by atoms with Gasteiger partial charge in [-0.15, -0.1) is 0 Å². The third-order valence-corrected chi connectivity index (χ3v) is 4.08. The lowest BCUT2D eigenvalue weighted by Gasteiger charge is -2.11. The maximum atomic E-state index is 12.2. The van der Waals surface area contributed by atoms with Crippen LogP contribution in [-0.4, -0.2) is 41.4 Å². The van der Waals surface area contributed by atoms with Gasteiger partial charge in [0.25, 0.3) is 11.1 Å². The summed E-state index contributed by atoms with van der Waals surface area (Å²) in [6.45, 7) is 0.834. The summed E-state index contributed by atoms with van der Waals surface area (Å²) in [5, 5.41) is 9.27. The number of methoxy groups -OCH3 is 1. The van der Waals surface area contributed by atoms with Gasteiger partial charge < -0.3 is 9.84 Å². The van der Waals surface area contributed by atoms with E-state index in [2.05, 4.69) is 0 Å². The molecule has 1 fully saturated rings. The van der Waals surface area contributed by atoms with Gasteiger partial charge in [-0.05, 0) is 42.0 Å². The van der Waals surface area contributed by atoms with Crippen molar-refractivity contribution < 1.29 is 19.4 Å². The van der Waals surface area contributed by atoms with Gasteiger partial charge in [-0.25, -0.2) is 0 Å². The van der Waals surface area contributed by atoms with Crippen molar-refractivity contribution >= 4 is 40.6 Å². The van der Waals surface area contributed by atoms with Gasteiger partial charge in [0.05, 0.1) is 9.93 Å². The van der Waals surface area contributed by atoms with Gasteiger partial charge in [0.1, 0.15) is 5.75 Å². The number of nitrogens with zero attached hydrogens (tertiary/aromatic N) is 1. The van der Waals surface area contributed by atoms with Crippen molar-refractivity contribution in [3.05, 3.63) is 33.7 Å². The molecule has 0 spiro atoms. The van der Waals surface area contributed by atoms with Crippen LogP contribution in [0.15, 0.2) is 23.1 Å². The zero-order valence-corrected chi connectivity index (χ0v) is 12.9. The fourth-order valence-corrected chi connectivity index (χ4v) is 2.88. The number of imide groups is 1. The summed E-state index contributed by atoms with van der Waals surface area (Å²) in [5.74, 6) is -0.341. The summed E-state index contributed by atoms with van der Waals surface area (Å²) in [4.78, 5) is 25.5. The Morgan fingerprint density at radius 3 is 2.86 bits per heavy atom. The minimum atomic E-state index is -0.315. The standard InChI is InChI=1S/C14H14ClNO4S/c1-20-6-2-5-16-13(18)12(21-14(16)19)8-9-3-4-11(17)10(15)7-9/h3-4,7-8,17H,2,5-6H2,1H3/b12-8+. The molecule has 21 heavy (non-hydrogen) atoms. The quantitative estimate of drug-likeness (QED) is 0.665. The highest BCUT2D eigenvalue weighted by Crippen LogP contribution is 2.33. The molecule has 1 saturated heterocycles. The van der Waals surface area contributed by atoms with Gasteiger partial charge in [0.15, 0.2) is 0 Å². The third-order valence-electron chi connectivity index (χ3n) is 2.87. The fraction of sp³-hybridized carbons (Fsp3) is 0.286. The summed E-state index contributed by atoms with van der Waals surface area (Å²) < 4.78 is 4.91. The molecule has 0 radical (unpaired) electrons.